The lowest BCUT2D eigenvalue weighted by molar-refractivity contribution is -0.121. The second-order valence-corrected chi connectivity index (χ2v) is 10.8. The summed E-state index contributed by atoms with van der Waals surface area (Å²) in [5, 5.41) is -0.133. The molecule has 0 unspecified atom stereocenters. The number of thiocarbonyl (C=S) groups is 1. The Hall–Kier alpha value is -2.43. The highest BCUT2D eigenvalue weighted by atomic mass is 32.2. The number of sulfone groups is 1. The van der Waals surface area contributed by atoms with Gasteiger partial charge in [-0.05, 0) is 31.9 Å². The third-order valence-electron chi connectivity index (χ3n) is 5.01. The van der Waals surface area contributed by atoms with Gasteiger partial charge in [-0.25, -0.2) is 8.42 Å². The van der Waals surface area contributed by atoms with Crippen LogP contribution < -0.4 is 4.90 Å². The summed E-state index contributed by atoms with van der Waals surface area (Å²) in [4.78, 5) is 20.7. The average molecular weight is 476 g/mol. The van der Waals surface area contributed by atoms with Crippen LogP contribution in [-0.4, -0.2) is 48.2 Å². The predicted octanol–water partition coefficient (Wildman–Crippen LogP) is 3.80. The van der Waals surface area contributed by atoms with Crippen LogP contribution in [0.25, 0.3) is 6.08 Å². The van der Waals surface area contributed by atoms with E-state index in [-0.39, 0.29) is 27.6 Å². The SMILES string of the molecule is C=CCN1C(=O)C(=Cc2nc(S(=O)(=O)c3ccc(C)cc3)c(N3CCCC3)o2)SC1=S. The summed E-state index contributed by atoms with van der Waals surface area (Å²) >= 11 is 6.38. The maximum atomic E-state index is 13.3. The van der Waals surface area contributed by atoms with E-state index >= 15 is 0 Å². The molecular weight excluding hydrogens is 454 g/mol. The van der Waals surface area contributed by atoms with Gasteiger partial charge in [-0.2, -0.15) is 4.98 Å². The van der Waals surface area contributed by atoms with E-state index in [4.69, 9.17) is 16.6 Å². The number of rotatable bonds is 6. The minimum atomic E-state index is -3.90. The summed E-state index contributed by atoms with van der Waals surface area (Å²) in [6, 6.07) is 6.61. The van der Waals surface area contributed by atoms with Crippen LogP contribution in [0.4, 0.5) is 5.88 Å². The lowest BCUT2D eigenvalue weighted by atomic mass is 10.2. The van der Waals surface area contributed by atoms with Crippen LogP contribution in [0.2, 0.25) is 0 Å². The van der Waals surface area contributed by atoms with Gasteiger partial charge in [0.25, 0.3) is 5.91 Å². The zero-order valence-corrected chi connectivity index (χ0v) is 19.4. The molecule has 1 amide bonds. The quantitative estimate of drug-likeness (QED) is 0.354. The second-order valence-electron chi connectivity index (χ2n) is 7.25. The fraction of sp³-hybridized carbons (Fsp3) is 0.286. The van der Waals surface area contributed by atoms with E-state index in [2.05, 4.69) is 11.6 Å². The number of carbonyl (C=O) groups excluding carboxylic acids is 1. The number of anilines is 1. The van der Waals surface area contributed by atoms with E-state index in [1.165, 1.54) is 11.0 Å². The summed E-state index contributed by atoms with van der Waals surface area (Å²) in [7, 11) is -3.90. The van der Waals surface area contributed by atoms with Crippen molar-refractivity contribution in [2.75, 3.05) is 24.5 Å². The smallest absolute Gasteiger partial charge is 0.266 e. The topological polar surface area (TPSA) is 83.7 Å². The molecule has 2 aliphatic rings. The highest BCUT2D eigenvalue weighted by Crippen LogP contribution is 2.36. The van der Waals surface area contributed by atoms with Gasteiger partial charge in [-0.1, -0.05) is 47.8 Å². The van der Waals surface area contributed by atoms with E-state index in [1.54, 1.807) is 30.3 Å². The molecule has 7 nitrogen and oxygen atoms in total. The van der Waals surface area contributed by atoms with E-state index in [0.717, 1.165) is 30.2 Å². The Morgan fingerprint density at radius 2 is 1.94 bits per heavy atom. The highest BCUT2D eigenvalue weighted by molar-refractivity contribution is 8.26. The minimum absolute atomic E-state index is 0.0617. The van der Waals surface area contributed by atoms with Crippen LogP contribution in [0, 0.1) is 6.92 Å². The third-order valence-corrected chi connectivity index (χ3v) is 8.06. The first-order valence-corrected chi connectivity index (χ1v) is 12.5. The number of oxazole rings is 1. The molecule has 0 radical (unpaired) electrons. The molecule has 0 spiro atoms. The first-order chi connectivity index (χ1) is 14.8. The number of benzene rings is 1. The predicted molar refractivity (Wildman–Crippen MR) is 125 cm³/mol. The maximum absolute atomic E-state index is 13.3. The van der Waals surface area contributed by atoms with E-state index in [9.17, 15) is 13.2 Å². The third kappa shape index (κ3) is 4.19. The zero-order valence-electron chi connectivity index (χ0n) is 16.9. The second kappa shape index (κ2) is 8.60. The van der Waals surface area contributed by atoms with Gasteiger partial charge in [-0.15, -0.1) is 6.58 Å². The van der Waals surface area contributed by atoms with Crippen molar-refractivity contribution in [3.05, 3.63) is 53.3 Å². The molecule has 0 atom stereocenters. The van der Waals surface area contributed by atoms with Gasteiger partial charge in [0, 0.05) is 25.7 Å². The molecule has 0 aliphatic carbocycles. The average Bonchev–Trinajstić information content (AvgIpc) is 3.45. The number of aryl methyl sites for hydroxylation is 1. The van der Waals surface area contributed by atoms with Crippen LogP contribution in [0.5, 0.6) is 0 Å². The maximum Gasteiger partial charge on any atom is 0.266 e. The molecule has 1 aromatic carbocycles. The Morgan fingerprint density at radius 1 is 1.26 bits per heavy atom. The molecule has 162 valence electrons. The van der Waals surface area contributed by atoms with Crippen LogP contribution in [0.3, 0.4) is 0 Å². The lowest BCUT2D eigenvalue weighted by Gasteiger charge is -2.14. The van der Waals surface area contributed by atoms with E-state index in [1.807, 2.05) is 11.8 Å². The molecule has 3 heterocycles. The monoisotopic (exact) mass is 475 g/mol. The summed E-state index contributed by atoms with van der Waals surface area (Å²) in [5.41, 5.74) is 0.959. The number of hydrogen-bond acceptors (Lipinski definition) is 8. The Kier molecular flexibility index (Phi) is 6.05. The number of amides is 1. The van der Waals surface area contributed by atoms with Crippen molar-refractivity contribution in [2.24, 2.45) is 0 Å². The minimum Gasteiger partial charge on any atom is -0.420 e. The molecule has 31 heavy (non-hydrogen) atoms. The van der Waals surface area contributed by atoms with Gasteiger partial charge in [0.1, 0.15) is 4.32 Å². The molecule has 1 aromatic heterocycles. The Morgan fingerprint density at radius 3 is 2.58 bits per heavy atom. The van der Waals surface area contributed by atoms with Gasteiger partial charge in [-0.3, -0.25) is 9.69 Å². The normalized spacial score (nSPS) is 18.4. The first-order valence-electron chi connectivity index (χ1n) is 9.75. The van der Waals surface area contributed by atoms with Crippen molar-refractivity contribution < 1.29 is 17.6 Å². The lowest BCUT2D eigenvalue weighted by Crippen LogP contribution is -2.27. The summed E-state index contributed by atoms with van der Waals surface area (Å²) in [6.07, 6.45) is 4.94. The summed E-state index contributed by atoms with van der Waals surface area (Å²) in [6.45, 7) is 7.21. The van der Waals surface area contributed by atoms with Gasteiger partial charge in [0.2, 0.25) is 26.6 Å². The number of carbonyl (C=O) groups is 1. The van der Waals surface area contributed by atoms with Gasteiger partial charge in [0.15, 0.2) is 0 Å². The van der Waals surface area contributed by atoms with Crippen molar-refractivity contribution in [3.63, 3.8) is 0 Å². The number of thioether (sulfide) groups is 1. The number of aromatic nitrogens is 1. The van der Waals surface area contributed by atoms with Gasteiger partial charge >= 0.3 is 0 Å². The van der Waals surface area contributed by atoms with E-state index < -0.39 is 9.84 Å². The number of hydrogen-bond donors (Lipinski definition) is 0. The molecular formula is C21H21N3O4S3. The van der Waals surface area contributed by atoms with Gasteiger partial charge in [0.05, 0.1) is 9.80 Å². The molecule has 2 fully saturated rings. The summed E-state index contributed by atoms with van der Waals surface area (Å²) in [5.74, 6) is -0.00338. The molecule has 0 N–H and O–H groups in total. The standard InChI is InChI=1S/C21H21N3O4S3/c1-3-10-24-19(25)16(30-21(24)29)13-17-22-18(20(28-17)23-11-4-5-12-23)31(26,27)15-8-6-14(2)7-9-15/h3,6-9,13H,1,4-5,10-12H2,2H3. The molecule has 2 aromatic rings. The first kappa shape index (κ1) is 21.8. The molecule has 2 aliphatic heterocycles. The van der Waals surface area contributed by atoms with Crippen LogP contribution >= 0.6 is 24.0 Å². The van der Waals surface area contributed by atoms with Crippen molar-refractivity contribution in [2.45, 2.75) is 29.7 Å². The van der Waals surface area contributed by atoms with Crippen molar-refractivity contribution in [3.8, 4) is 0 Å². The van der Waals surface area contributed by atoms with E-state index in [0.29, 0.717) is 28.9 Å². The highest BCUT2D eigenvalue weighted by Gasteiger charge is 2.34. The van der Waals surface area contributed by atoms with Gasteiger partial charge < -0.3 is 9.32 Å². The Balaban J connectivity index is 1.76. The molecule has 0 bridgehead atoms. The fourth-order valence-electron chi connectivity index (χ4n) is 3.40. The van der Waals surface area contributed by atoms with Crippen molar-refractivity contribution in [1.29, 1.82) is 0 Å². The Bertz CT molecular complexity index is 1180. The van der Waals surface area contributed by atoms with Crippen LogP contribution in [0.15, 0.2) is 56.2 Å². The molecule has 2 saturated heterocycles. The summed E-state index contributed by atoms with van der Waals surface area (Å²) < 4.78 is 33.0. The Labute approximate surface area is 190 Å². The van der Waals surface area contributed by atoms with Crippen molar-refractivity contribution >= 4 is 56.0 Å². The van der Waals surface area contributed by atoms with Crippen LogP contribution in [-0.2, 0) is 14.6 Å². The molecule has 0 saturated carbocycles. The molecule has 4 rings (SSSR count). The zero-order chi connectivity index (χ0) is 22.2. The molecule has 10 heteroatoms. The number of nitrogens with zero attached hydrogens (tertiary/aromatic N) is 3. The largest absolute Gasteiger partial charge is 0.420 e. The fourth-order valence-corrected chi connectivity index (χ4v) is 5.97. The van der Waals surface area contributed by atoms with Crippen molar-refractivity contribution in [1.82, 2.24) is 9.88 Å². The van der Waals surface area contributed by atoms with Crippen LogP contribution in [0.1, 0.15) is 24.3 Å².